The number of nitrogens with one attached hydrogen (secondary N) is 1. The number of aryl methyl sites for hydroxylation is 1. The van der Waals surface area contributed by atoms with Crippen molar-refractivity contribution in [3.8, 4) is 0 Å². The minimum absolute atomic E-state index is 0.0729. The molecule has 1 aromatic carbocycles. The zero-order chi connectivity index (χ0) is 16.8. The maximum Gasteiger partial charge on any atom is 0.326 e. The molecule has 2 unspecified atom stereocenters. The SMILES string of the molecule is O=C(O)C1CCCN1C(=O)C1CCc2[nH]c3ccc(F)cc3c2C1. The lowest BCUT2D eigenvalue weighted by Crippen LogP contribution is -2.44. The molecule has 1 aliphatic carbocycles. The normalized spacial score (nSPS) is 23.5. The van der Waals surface area contributed by atoms with Crippen LogP contribution >= 0.6 is 0 Å². The Bertz CT molecular complexity index is 829. The number of hydrogen-bond acceptors (Lipinski definition) is 2. The van der Waals surface area contributed by atoms with Crippen LogP contribution in [0.4, 0.5) is 4.39 Å². The van der Waals surface area contributed by atoms with Crippen LogP contribution in [0.25, 0.3) is 10.9 Å². The van der Waals surface area contributed by atoms with Crippen LogP contribution in [0.5, 0.6) is 0 Å². The highest BCUT2D eigenvalue weighted by molar-refractivity contribution is 5.89. The van der Waals surface area contributed by atoms with E-state index in [2.05, 4.69) is 4.98 Å². The summed E-state index contributed by atoms with van der Waals surface area (Å²) < 4.78 is 13.6. The van der Waals surface area contributed by atoms with Crippen molar-refractivity contribution < 1.29 is 19.1 Å². The van der Waals surface area contributed by atoms with Crippen molar-refractivity contribution in [2.24, 2.45) is 5.92 Å². The molecular formula is C18H19FN2O3. The van der Waals surface area contributed by atoms with Crippen LogP contribution < -0.4 is 0 Å². The van der Waals surface area contributed by atoms with Crippen molar-refractivity contribution >= 4 is 22.8 Å². The molecule has 0 bridgehead atoms. The highest BCUT2D eigenvalue weighted by atomic mass is 19.1. The zero-order valence-corrected chi connectivity index (χ0v) is 13.2. The number of nitrogens with zero attached hydrogens (tertiary/aromatic N) is 1. The van der Waals surface area contributed by atoms with E-state index < -0.39 is 12.0 Å². The molecule has 126 valence electrons. The topological polar surface area (TPSA) is 73.4 Å². The number of hydrogen-bond donors (Lipinski definition) is 2. The molecule has 1 saturated heterocycles. The van der Waals surface area contributed by atoms with Crippen molar-refractivity contribution in [3.63, 3.8) is 0 Å². The number of rotatable bonds is 2. The van der Waals surface area contributed by atoms with E-state index in [1.54, 1.807) is 6.07 Å². The van der Waals surface area contributed by atoms with Gasteiger partial charge in [0.2, 0.25) is 5.91 Å². The number of aromatic amines is 1. The molecule has 4 rings (SSSR count). The molecule has 0 radical (unpaired) electrons. The summed E-state index contributed by atoms with van der Waals surface area (Å²) in [5.41, 5.74) is 2.95. The van der Waals surface area contributed by atoms with Crippen molar-refractivity contribution in [2.75, 3.05) is 6.54 Å². The lowest BCUT2D eigenvalue weighted by molar-refractivity contribution is -0.150. The quantitative estimate of drug-likeness (QED) is 0.888. The van der Waals surface area contributed by atoms with E-state index >= 15 is 0 Å². The number of benzene rings is 1. The number of carbonyl (C=O) groups excluding carboxylic acids is 1. The lowest BCUT2D eigenvalue weighted by Gasteiger charge is -2.29. The third-order valence-corrected chi connectivity index (χ3v) is 5.32. The van der Waals surface area contributed by atoms with Crippen molar-refractivity contribution in [1.82, 2.24) is 9.88 Å². The number of H-pyrrole nitrogens is 1. The average Bonchev–Trinajstić information content (AvgIpc) is 3.18. The molecule has 24 heavy (non-hydrogen) atoms. The van der Waals surface area contributed by atoms with Gasteiger partial charge in [0.15, 0.2) is 0 Å². The second-order valence-electron chi connectivity index (χ2n) is 6.74. The molecule has 2 N–H and O–H groups in total. The minimum atomic E-state index is -0.925. The van der Waals surface area contributed by atoms with Gasteiger partial charge in [-0.3, -0.25) is 4.79 Å². The number of fused-ring (bicyclic) bond motifs is 3. The first-order chi connectivity index (χ1) is 11.5. The number of amides is 1. The summed E-state index contributed by atoms with van der Waals surface area (Å²) in [5.74, 6) is -1.51. The maximum atomic E-state index is 13.6. The summed E-state index contributed by atoms with van der Waals surface area (Å²) in [6.07, 6.45) is 3.23. The number of carboxylic acid groups (broad SMARTS) is 1. The third-order valence-electron chi connectivity index (χ3n) is 5.32. The molecule has 2 aromatic rings. The summed E-state index contributed by atoms with van der Waals surface area (Å²) in [7, 11) is 0. The predicted octanol–water partition coefficient (Wildman–Crippen LogP) is 2.49. The summed E-state index contributed by atoms with van der Waals surface area (Å²) >= 11 is 0. The monoisotopic (exact) mass is 330 g/mol. The molecule has 0 spiro atoms. The van der Waals surface area contributed by atoms with E-state index in [1.807, 2.05) is 0 Å². The van der Waals surface area contributed by atoms with Gasteiger partial charge < -0.3 is 15.0 Å². The van der Waals surface area contributed by atoms with Gasteiger partial charge in [0.1, 0.15) is 11.9 Å². The highest BCUT2D eigenvalue weighted by Gasteiger charge is 2.38. The zero-order valence-electron chi connectivity index (χ0n) is 13.2. The van der Waals surface area contributed by atoms with Gasteiger partial charge in [0.25, 0.3) is 0 Å². The van der Waals surface area contributed by atoms with E-state index in [0.717, 1.165) is 35.0 Å². The molecule has 2 heterocycles. The first kappa shape index (κ1) is 15.2. The summed E-state index contributed by atoms with van der Waals surface area (Å²) in [6, 6.07) is 3.96. The summed E-state index contributed by atoms with van der Waals surface area (Å²) in [5, 5.41) is 10.1. The Labute approximate surface area is 138 Å². The fourth-order valence-corrected chi connectivity index (χ4v) is 4.12. The Kier molecular flexibility index (Phi) is 3.55. The van der Waals surface area contributed by atoms with Crippen LogP contribution in [0, 0.1) is 11.7 Å². The predicted molar refractivity (Wildman–Crippen MR) is 86.1 cm³/mol. The molecule has 1 aliphatic heterocycles. The molecule has 0 saturated carbocycles. The second-order valence-corrected chi connectivity index (χ2v) is 6.74. The molecule has 1 fully saturated rings. The third kappa shape index (κ3) is 2.37. The lowest BCUT2D eigenvalue weighted by atomic mass is 9.85. The van der Waals surface area contributed by atoms with Gasteiger partial charge in [-0.25, -0.2) is 9.18 Å². The molecule has 2 aliphatic rings. The van der Waals surface area contributed by atoms with E-state index in [0.29, 0.717) is 25.8 Å². The standard InChI is InChI=1S/C18H19FN2O3/c19-11-4-6-15-13(9-11)12-8-10(3-5-14(12)20-15)17(22)21-7-1-2-16(21)18(23)24/h4,6,9-10,16,20H,1-3,5,7-8H2,(H,23,24). The molecule has 5 nitrogen and oxygen atoms in total. The summed E-state index contributed by atoms with van der Waals surface area (Å²) in [4.78, 5) is 29.0. The Hall–Kier alpha value is -2.37. The van der Waals surface area contributed by atoms with Crippen LogP contribution in [0.1, 0.15) is 30.5 Å². The van der Waals surface area contributed by atoms with Crippen LogP contribution in [0.15, 0.2) is 18.2 Å². The molecular weight excluding hydrogens is 311 g/mol. The number of carboxylic acids is 1. The molecule has 2 atom stereocenters. The van der Waals surface area contributed by atoms with Crippen molar-refractivity contribution in [2.45, 2.75) is 38.1 Å². The summed E-state index contributed by atoms with van der Waals surface area (Å²) in [6.45, 7) is 0.516. The fourth-order valence-electron chi connectivity index (χ4n) is 4.12. The van der Waals surface area contributed by atoms with E-state index in [9.17, 15) is 19.1 Å². The number of aromatic nitrogens is 1. The second kappa shape index (κ2) is 5.61. The number of halogens is 1. The van der Waals surface area contributed by atoms with Gasteiger partial charge in [0.05, 0.1) is 0 Å². The average molecular weight is 330 g/mol. The van der Waals surface area contributed by atoms with Crippen LogP contribution in [0.2, 0.25) is 0 Å². The van der Waals surface area contributed by atoms with Gasteiger partial charge in [-0.05, 0) is 55.9 Å². The van der Waals surface area contributed by atoms with Gasteiger partial charge in [0, 0.05) is 29.1 Å². The minimum Gasteiger partial charge on any atom is -0.480 e. The first-order valence-corrected chi connectivity index (χ1v) is 8.37. The van der Waals surface area contributed by atoms with Crippen LogP contribution in [-0.2, 0) is 22.4 Å². The van der Waals surface area contributed by atoms with Gasteiger partial charge in [-0.1, -0.05) is 0 Å². The van der Waals surface area contributed by atoms with Gasteiger partial charge in [-0.15, -0.1) is 0 Å². The largest absolute Gasteiger partial charge is 0.480 e. The smallest absolute Gasteiger partial charge is 0.326 e. The fraction of sp³-hybridized carbons (Fsp3) is 0.444. The van der Waals surface area contributed by atoms with E-state index in [-0.39, 0.29) is 17.6 Å². The Morgan fingerprint density at radius 2 is 2.12 bits per heavy atom. The van der Waals surface area contributed by atoms with E-state index in [4.69, 9.17) is 0 Å². The van der Waals surface area contributed by atoms with Gasteiger partial charge in [-0.2, -0.15) is 0 Å². The van der Waals surface area contributed by atoms with Crippen LogP contribution in [0.3, 0.4) is 0 Å². The van der Waals surface area contributed by atoms with Crippen molar-refractivity contribution in [3.05, 3.63) is 35.3 Å². The molecule has 1 amide bonds. The maximum absolute atomic E-state index is 13.6. The van der Waals surface area contributed by atoms with E-state index in [1.165, 1.54) is 17.0 Å². The number of aliphatic carboxylic acids is 1. The van der Waals surface area contributed by atoms with Crippen molar-refractivity contribution in [1.29, 1.82) is 0 Å². The molecule has 1 aromatic heterocycles. The Morgan fingerprint density at radius 3 is 2.92 bits per heavy atom. The highest BCUT2D eigenvalue weighted by Crippen LogP contribution is 2.34. The Balaban J connectivity index is 1.62. The van der Waals surface area contributed by atoms with Gasteiger partial charge >= 0.3 is 5.97 Å². The first-order valence-electron chi connectivity index (χ1n) is 8.37. The molecule has 6 heteroatoms. The van der Waals surface area contributed by atoms with Crippen LogP contribution in [-0.4, -0.2) is 39.5 Å². The number of likely N-dealkylation sites (tertiary alicyclic amines) is 1. The Morgan fingerprint density at radius 1 is 1.29 bits per heavy atom. The number of carbonyl (C=O) groups is 2.